The van der Waals surface area contributed by atoms with Crippen LogP contribution in [-0.4, -0.2) is 44.9 Å². The summed E-state index contributed by atoms with van der Waals surface area (Å²) in [6.07, 6.45) is 1.02. The van der Waals surface area contributed by atoms with E-state index in [1.807, 2.05) is 24.3 Å². The van der Waals surface area contributed by atoms with Gasteiger partial charge in [0, 0.05) is 26.7 Å². The fourth-order valence-corrected chi connectivity index (χ4v) is 1.89. The standard InChI is InChI=1S/C15H26N2O2/c1-3-17(9-11-18-2)8-5-10-19-15-7-4-6-14(12-15)13-16/h4,6-7,12H,3,5,8-11,13,16H2,1-2H3. The summed E-state index contributed by atoms with van der Waals surface area (Å²) in [4.78, 5) is 2.36. The molecule has 0 heterocycles. The molecule has 0 spiro atoms. The highest BCUT2D eigenvalue weighted by atomic mass is 16.5. The molecule has 4 nitrogen and oxygen atoms in total. The molecule has 0 aliphatic rings. The molecule has 0 atom stereocenters. The topological polar surface area (TPSA) is 47.7 Å². The van der Waals surface area contributed by atoms with Crippen molar-refractivity contribution in [1.29, 1.82) is 0 Å². The lowest BCUT2D eigenvalue weighted by molar-refractivity contribution is 0.146. The van der Waals surface area contributed by atoms with Gasteiger partial charge < -0.3 is 20.1 Å². The van der Waals surface area contributed by atoms with Crippen LogP contribution in [0.15, 0.2) is 24.3 Å². The average molecular weight is 266 g/mol. The van der Waals surface area contributed by atoms with Crippen LogP contribution in [-0.2, 0) is 11.3 Å². The summed E-state index contributed by atoms with van der Waals surface area (Å²) in [7, 11) is 1.74. The third kappa shape index (κ3) is 6.57. The fourth-order valence-electron chi connectivity index (χ4n) is 1.89. The molecule has 0 aromatic heterocycles. The van der Waals surface area contributed by atoms with Gasteiger partial charge >= 0.3 is 0 Å². The average Bonchev–Trinajstić information content (AvgIpc) is 2.47. The SMILES string of the molecule is CCN(CCCOc1cccc(CN)c1)CCOC. The van der Waals surface area contributed by atoms with E-state index in [4.69, 9.17) is 15.2 Å². The number of methoxy groups -OCH3 is 1. The lowest BCUT2D eigenvalue weighted by Crippen LogP contribution is -2.29. The summed E-state index contributed by atoms with van der Waals surface area (Å²) < 4.78 is 10.8. The first-order valence-corrected chi connectivity index (χ1v) is 6.93. The summed E-state index contributed by atoms with van der Waals surface area (Å²) >= 11 is 0. The number of hydrogen-bond acceptors (Lipinski definition) is 4. The van der Waals surface area contributed by atoms with Gasteiger partial charge in [-0.05, 0) is 30.7 Å². The van der Waals surface area contributed by atoms with Gasteiger partial charge in [0.2, 0.25) is 0 Å². The van der Waals surface area contributed by atoms with Crippen LogP contribution in [0.25, 0.3) is 0 Å². The normalized spacial score (nSPS) is 10.9. The largest absolute Gasteiger partial charge is 0.494 e. The number of ether oxygens (including phenoxy) is 2. The van der Waals surface area contributed by atoms with E-state index in [0.717, 1.165) is 50.6 Å². The maximum absolute atomic E-state index is 5.73. The minimum Gasteiger partial charge on any atom is -0.494 e. The zero-order valence-electron chi connectivity index (χ0n) is 12.1. The van der Waals surface area contributed by atoms with E-state index in [1.165, 1.54) is 0 Å². The Labute approximate surface area is 116 Å². The molecule has 0 saturated heterocycles. The minimum atomic E-state index is 0.553. The Morgan fingerprint density at radius 2 is 2.05 bits per heavy atom. The van der Waals surface area contributed by atoms with Crippen LogP contribution < -0.4 is 10.5 Å². The van der Waals surface area contributed by atoms with Crippen molar-refractivity contribution in [3.63, 3.8) is 0 Å². The molecule has 4 heteroatoms. The van der Waals surface area contributed by atoms with Crippen molar-refractivity contribution in [1.82, 2.24) is 4.90 Å². The van der Waals surface area contributed by atoms with Crippen molar-refractivity contribution in [3.8, 4) is 5.75 Å². The first-order chi connectivity index (χ1) is 9.30. The number of nitrogens with zero attached hydrogens (tertiary/aromatic N) is 1. The van der Waals surface area contributed by atoms with Gasteiger partial charge in [-0.3, -0.25) is 0 Å². The molecule has 0 aliphatic heterocycles. The monoisotopic (exact) mass is 266 g/mol. The molecule has 1 aromatic carbocycles. The lowest BCUT2D eigenvalue weighted by Gasteiger charge is -2.19. The van der Waals surface area contributed by atoms with Crippen LogP contribution in [0.4, 0.5) is 0 Å². The number of nitrogens with two attached hydrogens (primary N) is 1. The number of rotatable bonds is 10. The lowest BCUT2D eigenvalue weighted by atomic mass is 10.2. The molecule has 0 fully saturated rings. The molecule has 108 valence electrons. The number of hydrogen-bond donors (Lipinski definition) is 1. The van der Waals surface area contributed by atoms with E-state index in [1.54, 1.807) is 7.11 Å². The van der Waals surface area contributed by atoms with E-state index in [2.05, 4.69) is 11.8 Å². The summed E-state index contributed by atoms with van der Waals surface area (Å²) in [5.74, 6) is 0.905. The Balaban J connectivity index is 2.21. The van der Waals surface area contributed by atoms with Crippen LogP contribution in [0.3, 0.4) is 0 Å². The van der Waals surface area contributed by atoms with Crippen LogP contribution in [0.5, 0.6) is 5.75 Å². The molecule has 0 radical (unpaired) electrons. The Bertz CT molecular complexity index is 345. The molecule has 1 aromatic rings. The summed E-state index contributed by atoms with van der Waals surface area (Å²) in [6, 6.07) is 7.97. The molecule has 0 bridgehead atoms. The van der Waals surface area contributed by atoms with Gasteiger partial charge in [0.15, 0.2) is 0 Å². The quantitative estimate of drug-likeness (QED) is 0.657. The van der Waals surface area contributed by atoms with E-state index in [9.17, 15) is 0 Å². The highest BCUT2D eigenvalue weighted by Crippen LogP contribution is 2.13. The van der Waals surface area contributed by atoms with E-state index >= 15 is 0 Å². The summed E-state index contributed by atoms with van der Waals surface area (Å²) in [5.41, 5.74) is 6.71. The second-order valence-electron chi connectivity index (χ2n) is 4.48. The van der Waals surface area contributed by atoms with E-state index in [-0.39, 0.29) is 0 Å². The van der Waals surface area contributed by atoms with E-state index < -0.39 is 0 Å². The Kier molecular flexibility index (Phi) is 8.21. The Morgan fingerprint density at radius 3 is 2.74 bits per heavy atom. The molecule has 0 unspecified atom stereocenters. The van der Waals surface area contributed by atoms with Gasteiger partial charge in [-0.1, -0.05) is 19.1 Å². The molecule has 2 N–H and O–H groups in total. The molecule has 0 aliphatic carbocycles. The van der Waals surface area contributed by atoms with Crippen molar-refractivity contribution in [2.24, 2.45) is 5.73 Å². The van der Waals surface area contributed by atoms with Crippen molar-refractivity contribution in [2.75, 3.05) is 40.0 Å². The van der Waals surface area contributed by atoms with Crippen LogP contribution in [0.1, 0.15) is 18.9 Å². The third-order valence-electron chi connectivity index (χ3n) is 3.08. The van der Waals surface area contributed by atoms with Crippen LogP contribution in [0, 0.1) is 0 Å². The number of likely N-dealkylation sites (N-methyl/N-ethyl adjacent to an activating group) is 1. The Morgan fingerprint density at radius 1 is 1.21 bits per heavy atom. The summed E-state index contributed by atoms with van der Waals surface area (Å²) in [5, 5.41) is 0. The Hall–Kier alpha value is -1.10. The minimum absolute atomic E-state index is 0.553. The second kappa shape index (κ2) is 9.78. The van der Waals surface area contributed by atoms with Gasteiger partial charge in [0.25, 0.3) is 0 Å². The zero-order chi connectivity index (χ0) is 13.9. The van der Waals surface area contributed by atoms with Crippen molar-refractivity contribution in [2.45, 2.75) is 19.9 Å². The molecular formula is C15H26N2O2. The van der Waals surface area contributed by atoms with Gasteiger partial charge in [-0.15, -0.1) is 0 Å². The molecule has 19 heavy (non-hydrogen) atoms. The molecule has 1 rings (SSSR count). The van der Waals surface area contributed by atoms with Gasteiger partial charge in [0.05, 0.1) is 13.2 Å². The van der Waals surface area contributed by atoms with Gasteiger partial charge in [-0.25, -0.2) is 0 Å². The van der Waals surface area contributed by atoms with Gasteiger partial charge in [-0.2, -0.15) is 0 Å². The molecular weight excluding hydrogens is 240 g/mol. The first kappa shape index (κ1) is 16.0. The second-order valence-corrected chi connectivity index (χ2v) is 4.48. The van der Waals surface area contributed by atoms with Crippen molar-refractivity contribution in [3.05, 3.63) is 29.8 Å². The zero-order valence-corrected chi connectivity index (χ0v) is 12.1. The van der Waals surface area contributed by atoms with Gasteiger partial charge in [0.1, 0.15) is 5.75 Å². The van der Waals surface area contributed by atoms with Crippen molar-refractivity contribution < 1.29 is 9.47 Å². The summed E-state index contributed by atoms with van der Waals surface area (Å²) in [6.45, 7) is 7.31. The molecule has 0 saturated carbocycles. The van der Waals surface area contributed by atoms with E-state index in [0.29, 0.717) is 6.54 Å². The maximum atomic E-state index is 5.73. The predicted molar refractivity (Wildman–Crippen MR) is 78.4 cm³/mol. The highest BCUT2D eigenvalue weighted by Gasteiger charge is 2.02. The third-order valence-corrected chi connectivity index (χ3v) is 3.08. The smallest absolute Gasteiger partial charge is 0.119 e. The maximum Gasteiger partial charge on any atom is 0.119 e. The number of benzene rings is 1. The fraction of sp³-hybridized carbons (Fsp3) is 0.600. The first-order valence-electron chi connectivity index (χ1n) is 6.93. The van der Waals surface area contributed by atoms with Crippen LogP contribution in [0.2, 0.25) is 0 Å². The highest BCUT2D eigenvalue weighted by molar-refractivity contribution is 5.28. The van der Waals surface area contributed by atoms with Crippen molar-refractivity contribution >= 4 is 0 Å². The van der Waals surface area contributed by atoms with Crippen LogP contribution >= 0.6 is 0 Å². The molecule has 0 amide bonds. The predicted octanol–water partition coefficient (Wildman–Crippen LogP) is 1.88.